The molecule has 42 heavy (non-hydrogen) atoms. The van der Waals surface area contributed by atoms with Gasteiger partial charge in [0.25, 0.3) is 0 Å². The van der Waals surface area contributed by atoms with Crippen LogP contribution in [0.4, 0.5) is 20.2 Å². The Hall–Kier alpha value is -3.55. The number of piperazine rings is 1. The first kappa shape index (κ1) is 29.9. The molecule has 0 unspecified atom stereocenters. The van der Waals surface area contributed by atoms with E-state index < -0.39 is 27.2 Å². The van der Waals surface area contributed by atoms with Gasteiger partial charge in [0.15, 0.2) is 0 Å². The molecule has 2 heterocycles. The zero-order valence-corrected chi connectivity index (χ0v) is 24.6. The van der Waals surface area contributed by atoms with Crippen LogP contribution in [0.5, 0.6) is 5.75 Å². The van der Waals surface area contributed by atoms with E-state index in [0.29, 0.717) is 23.4 Å². The van der Waals surface area contributed by atoms with E-state index in [0.717, 1.165) is 36.1 Å². The number of sulfonamides is 1. The monoisotopic (exact) mass is 621 g/mol. The zero-order chi connectivity index (χ0) is 30.2. The molecule has 1 aromatic heterocycles. The van der Waals surface area contributed by atoms with Gasteiger partial charge in [-0.2, -0.15) is 14.1 Å². The van der Waals surface area contributed by atoms with Gasteiger partial charge in [-0.3, -0.25) is 9.59 Å². The van der Waals surface area contributed by atoms with Crippen molar-refractivity contribution in [3.05, 3.63) is 69.6 Å². The van der Waals surface area contributed by atoms with E-state index in [1.165, 1.54) is 35.6 Å². The Morgan fingerprint density at radius 3 is 2.36 bits per heavy atom. The second kappa shape index (κ2) is 12.0. The molecule has 1 aliphatic carbocycles. The second-order valence-electron chi connectivity index (χ2n) is 10.6. The first-order valence-electron chi connectivity index (χ1n) is 13.5. The van der Waals surface area contributed by atoms with Gasteiger partial charge in [0.1, 0.15) is 17.3 Å². The number of anilines is 2. The van der Waals surface area contributed by atoms with Crippen LogP contribution in [0.1, 0.15) is 33.1 Å². The smallest absolute Gasteiger partial charge is 0.316 e. The zero-order valence-electron chi connectivity index (χ0n) is 23.0. The second-order valence-corrected chi connectivity index (χ2v) is 12.9. The van der Waals surface area contributed by atoms with Gasteiger partial charge in [-0.05, 0) is 55.5 Å². The quantitative estimate of drug-likeness (QED) is 0.421. The Labute approximate surface area is 246 Å². The van der Waals surface area contributed by atoms with Gasteiger partial charge in [-0.25, -0.2) is 17.2 Å². The normalized spacial score (nSPS) is 19.6. The lowest BCUT2D eigenvalue weighted by Crippen LogP contribution is -2.49. The lowest BCUT2D eigenvalue weighted by atomic mass is 10.1. The Balaban J connectivity index is 1.40. The van der Waals surface area contributed by atoms with E-state index in [2.05, 4.69) is 17.3 Å². The average Bonchev–Trinajstić information content (AvgIpc) is 3.34. The largest absolute Gasteiger partial charge is 0.483 e. The standard InChI is InChI=1S/C28H30ClF2N5O5S/c1-17-3-4-22(11-17)41-27-26(16-32-36(28(27)38)21-13-19(30)12-20(31)14-21)34-7-9-35(10-8-34)42(39,40)23-5-6-25(24(29)15-23)33-18(2)37/h5-6,12-17,22H,3-4,7-11H2,1-2H3,(H,33,37)/t17-,22+/m1/s1. The number of carbonyl (C=O) groups is 1. The average molecular weight is 622 g/mol. The fourth-order valence-electron chi connectivity index (χ4n) is 5.31. The predicted molar refractivity (Wildman–Crippen MR) is 154 cm³/mol. The topological polar surface area (TPSA) is 114 Å². The van der Waals surface area contributed by atoms with Gasteiger partial charge in [0, 0.05) is 39.2 Å². The number of benzene rings is 2. The summed E-state index contributed by atoms with van der Waals surface area (Å²) in [6, 6.07) is 6.84. The number of carbonyl (C=O) groups excluding carboxylic acids is 1. The van der Waals surface area contributed by atoms with Gasteiger partial charge >= 0.3 is 5.56 Å². The van der Waals surface area contributed by atoms with Crippen LogP contribution < -0.4 is 20.5 Å². The molecule has 2 aliphatic rings. The third-order valence-corrected chi connectivity index (χ3v) is 9.61. The third kappa shape index (κ3) is 6.27. The molecule has 0 bridgehead atoms. The van der Waals surface area contributed by atoms with Crippen molar-refractivity contribution in [1.29, 1.82) is 0 Å². The van der Waals surface area contributed by atoms with E-state index >= 15 is 0 Å². The van der Waals surface area contributed by atoms with Crippen molar-refractivity contribution in [2.45, 2.75) is 44.1 Å². The van der Waals surface area contributed by atoms with Crippen molar-refractivity contribution in [3.8, 4) is 11.4 Å². The molecule has 1 saturated heterocycles. The molecule has 2 fully saturated rings. The maximum atomic E-state index is 13.9. The molecule has 1 N–H and O–H groups in total. The fraction of sp³-hybridized carbons (Fsp3) is 0.393. The highest BCUT2D eigenvalue weighted by atomic mass is 35.5. The molecule has 0 radical (unpaired) electrons. The summed E-state index contributed by atoms with van der Waals surface area (Å²) >= 11 is 6.21. The van der Waals surface area contributed by atoms with E-state index in [1.807, 2.05) is 4.90 Å². The molecular weight excluding hydrogens is 592 g/mol. The molecule has 1 aliphatic heterocycles. The Morgan fingerprint density at radius 1 is 1.07 bits per heavy atom. The van der Waals surface area contributed by atoms with Crippen LogP contribution in [0.2, 0.25) is 5.02 Å². The highest BCUT2D eigenvalue weighted by Crippen LogP contribution is 2.33. The number of aromatic nitrogens is 2. The first-order valence-corrected chi connectivity index (χ1v) is 15.3. The minimum atomic E-state index is -3.90. The maximum Gasteiger partial charge on any atom is 0.316 e. The van der Waals surface area contributed by atoms with Gasteiger partial charge < -0.3 is 15.0 Å². The highest BCUT2D eigenvalue weighted by molar-refractivity contribution is 7.89. The number of nitrogens with zero attached hydrogens (tertiary/aromatic N) is 4. The number of hydrogen-bond donors (Lipinski definition) is 1. The summed E-state index contributed by atoms with van der Waals surface area (Å²) in [5, 5.41) is 6.82. The molecule has 1 amide bonds. The number of hydrogen-bond acceptors (Lipinski definition) is 7. The fourth-order valence-corrected chi connectivity index (χ4v) is 7.05. The molecule has 2 aromatic carbocycles. The van der Waals surface area contributed by atoms with Crippen LogP contribution in [0.3, 0.4) is 0 Å². The maximum absolute atomic E-state index is 13.9. The van der Waals surface area contributed by atoms with Crippen LogP contribution in [0.15, 0.2) is 52.3 Å². The number of ether oxygens (including phenoxy) is 1. The van der Waals surface area contributed by atoms with E-state index in [-0.39, 0.29) is 59.5 Å². The van der Waals surface area contributed by atoms with E-state index in [4.69, 9.17) is 16.3 Å². The lowest BCUT2D eigenvalue weighted by molar-refractivity contribution is -0.114. The molecular formula is C28H30ClF2N5O5S. The summed E-state index contributed by atoms with van der Waals surface area (Å²) in [6.07, 6.45) is 3.65. The molecule has 3 aromatic rings. The highest BCUT2D eigenvalue weighted by Gasteiger charge is 2.32. The van der Waals surface area contributed by atoms with Gasteiger partial charge in [0.05, 0.1) is 33.6 Å². The van der Waals surface area contributed by atoms with Gasteiger partial charge in [0.2, 0.25) is 21.7 Å². The molecule has 10 nitrogen and oxygen atoms in total. The van der Waals surface area contributed by atoms with Gasteiger partial charge in [-0.15, -0.1) is 0 Å². The van der Waals surface area contributed by atoms with Gasteiger partial charge in [-0.1, -0.05) is 18.5 Å². The molecule has 5 rings (SSSR count). The van der Waals surface area contributed by atoms with Crippen molar-refractivity contribution in [2.24, 2.45) is 5.92 Å². The minimum absolute atomic E-state index is 0.00502. The predicted octanol–water partition coefficient (Wildman–Crippen LogP) is 4.20. The van der Waals surface area contributed by atoms with Crippen LogP contribution in [-0.4, -0.2) is 60.7 Å². The van der Waals surface area contributed by atoms with E-state index in [9.17, 15) is 26.8 Å². The number of amides is 1. The van der Waals surface area contributed by atoms with Crippen LogP contribution in [-0.2, 0) is 14.8 Å². The molecule has 14 heteroatoms. The molecule has 1 saturated carbocycles. The summed E-state index contributed by atoms with van der Waals surface area (Å²) in [7, 11) is -3.90. The summed E-state index contributed by atoms with van der Waals surface area (Å²) in [5.41, 5.74) is -0.0541. The minimum Gasteiger partial charge on any atom is -0.483 e. The van der Waals surface area contributed by atoms with Crippen molar-refractivity contribution in [2.75, 3.05) is 36.4 Å². The number of nitrogens with one attached hydrogen (secondary N) is 1. The van der Waals surface area contributed by atoms with Crippen molar-refractivity contribution >= 4 is 38.9 Å². The Kier molecular flexibility index (Phi) is 8.53. The van der Waals surface area contributed by atoms with E-state index in [1.54, 1.807) is 0 Å². The summed E-state index contributed by atoms with van der Waals surface area (Å²) < 4.78 is 63.0. The molecule has 224 valence electrons. The number of rotatable bonds is 7. The van der Waals surface area contributed by atoms with Crippen LogP contribution >= 0.6 is 11.6 Å². The summed E-state index contributed by atoms with van der Waals surface area (Å²) in [5.74, 6) is -1.60. The lowest BCUT2D eigenvalue weighted by Gasteiger charge is -2.36. The van der Waals surface area contributed by atoms with Crippen molar-refractivity contribution in [1.82, 2.24) is 14.1 Å². The van der Waals surface area contributed by atoms with Crippen molar-refractivity contribution in [3.63, 3.8) is 0 Å². The molecule has 0 spiro atoms. The summed E-state index contributed by atoms with van der Waals surface area (Å²) in [4.78, 5) is 26.8. The number of halogens is 3. The molecule has 2 atom stereocenters. The third-order valence-electron chi connectivity index (χ3n) is 7.41. The Bertz CT molecular complexity index is 1660. The van der Waals surface area contributed by atoms with Crippen LogP contribution in [0.25, 0.3) is 5.69 Å². The SMILES string of the molecule is CC(=O)Nc1ccc(S(=O)(=O)N2CCN(c3cnn(-c4cc(F)cc(F)c4)c(=O)c3O[C@H]3CC[C@@H](C)C3)CC2)cc1Cl. The summed E-state index contributed by atoms with van der Waals surface area (Å²) in [6.45, 7) is 4.09. The first-order chi connectivity index (χ1) is 19.9. The van der Waals surface area contributed by atoms with Crippen LogP contribution in [0, 0.1) is 17.6 Å². The van der Waals surface area contributed by atoms with Crippen molar-refractivity contribution < 1.29 is 26.7 Å². The Morgan fingerprint density at radius 2 is 1.76 bits per heavy atom.